The van der Waals surface area contributed by atoms with Gasteiger partial charge in [-0.1, -0.05) is 99.5 Å². The lowest BCUT2D eigenvalue weighted by Gasteiger charge is -2.13. The number of hydrogen-bond acceptors (Lipinski definition) is 2. The summed E-state index contributed by atoms with van der Waals surface area (Å²) in [6, 6.07) is 43.6. The number of aryl methyl sites for hydroxylation is 2. The first-order valence-electron chi connectivity index (χ1n) is 16.0. The van der Waals surface area contributed by atoms with Gasteiger partial charge in [0.2, 0.25) is 0 Å². The summed E-state index contributed by atoms with van der Waals surface area (Å²) >= 11 is 0. The molecule has 4 nitrogen and oxygen atoms in total. The SMILES string of the molecule is CCCCc1ccc2c(c1)c1cc(CCCC)ccc1n2-c1ccc(-n2c(-c3ccccc3)nnc2-c2ccccc2)cc1. The Bertz CT molecular complexity index is 1890. The fraction of sp³-hybridized carbons (Fsp3) is 0.200. The van der Waals surface area contributed by atoms with Gasteiger partial charge in [-0.2, -0.15) is 0 Å². The topological polar surface area (TPSA) is 35.6 Å². The van der Waals surface area contributed by atoms with Gasteiger partial charge >= 0.3 is 0 Å². The van der Waals surface area contributed by atoms with E-state index in [1.54, 1.807) is 0 Å². The molecule has 0 atom stereocenters. The zero-order valence-corrected chi connectivity index (χ0v) is 25.6. The van der Waals surface area contributed by atoms with Crippen LogP contribution in [0.4, 0.5) is 0 Å². The van der Waals surface area contributed by atoms with E-state index in [0.29, 0.717) is 0 Å². The largest absolute Gasteiger partial charge is 0.309 e. The molecule has 0 spiro atoms. The summed E-state index contributed by atoms with van der Waals surface area (Å²) in [5.41, 5.74) is 9.58. The number of unbranched alkanes of at least 4 members (excludes halogenated alkanes) is 2. The van der Waals surface area contributed by atoms with Gasteiger partial charge in [-0.3, -0.25) is 4.57 Å². The highest BCUT2D eigenvalue weighted by Crippen LogP contribution is 2.35. The van der Waals surface area contributed by atoms with E-state index in [4.69, 9.17) is 0 Å². The Kier molecular flexibility index (Phi) is 7.81. The molecule has 0 saturated heterocycles. The minimum absolute atomic E-state index is 0.827. The van der Waals surface area contributed by atoms with E-state index in [1.165, 1.54) is 58.6 Å². The first-order valence-corrected chi connectivity index (χ1v) is 16.0. The number of benzene rings is 5. The third-order valence-corrected chi connectivity index (χ3v) is 8.63. The van der Waals surface area contributed by atoms with Crippen LogP contribution in [0.3, 0.4) is 0 Å². The van der Waals surface area contributed by atoms with Crippen molar-refractivity contribution in [3.63, 3.8) is 0 Å². The van der Waals surface area contributed by atoms with E-state index in [-0.39, 0.29) is 0 Å². The van der Waals surface area contributed by atoms with E-state index in [0.717, 1.165) is 47.0 Å². The summed E-state index contributed by atoms with van der Waals surface area (Å²) in [5, 5.41) is 12.0. The fourth-order valence-corrected chi connectivity index (χ4v) is 6.30. The number of aromatic nitrogens is 4. The molecule has 0 fully saturated rings. The first-order chi connectivity index (χ1) is 21.7. The Labute approximate surface area is 259 Å². The van der Waals surface area contributed by atoms with Crippen molar-refractivity contribution in [2.45, 2.75) is 52.4 Å². The van der Waals surface area contributed by atoms with Crippen LogP contribution in [0, 0.1) is 0 Å². The van der Waals surface area contributed by atoms with Crippen molar-refractivity contribution in [3.05, 3.63) is 132 Å². The Hall–Kier alpha value is -4.96. The molecule has 218 valence electrons. The zero-order valence-electron chi connectivity index (χ0n) is 25.6. The minimum Gasteiger partial charge on any atom is -0.309 e. The van der Waals surface area contributed by atoms with E-state index in [9.17, 15) is 0 Å². The predicted molar refractivity (Wildman–Crippen MR) is 184 cm³/mol. The van der Waals surface area contributed by atoms with Gasteiger partial charge < -0.3 is 4.57 Å². The van der Waals surface area contributed by atoms with E-state index in [2.05, 4.69) is 118 Å². The van der Waals surface area contributed by atoms with Gasteiger partial charge in [0.15, 0.2) is 11.6 Å². The van der Waals surface area contributed by atoms with Crippen molar-refractivity contribution in [2.24, 2.45) is 0 Å². The molecule has 44 heavy (non-hydrogen) atoms. The maximum Gasteiger partial charge on any atom is 0.168 e. The number of fused-ring (bicyclic) bond motifs is 3. The molecule has 0 saturated carbocycles. The highest BCUT2D eigenvalue weighted by molar-refractivity contribution is 6.09. The smallest absolute Gasteiger partial charge is 0.168 e. The lowest BCUT2D eigenvalue weighted by atomic mass is 10.0. The molecule has 5 aromatic carbocycles. The molecular formula is C40H38N4. The molecule has 0 aliphatic heterocycles. The molecule has 0 aliphatic carbocycles. The molecule has 2 heterocycles. The van der Waals surface area contributed by atoms with Crippen molar-refractivity contribution in [2.75, 3.05) is 0 Å². The first kappa shape index (κ1) is 27.8. The lowest BCUT2D eigenvalue weighted by Crippen LogP contribution is -2.01. The fourth-order valence-electron chi connectivity index (χ4n) is 6.30. The average Bonchev–Trinajstić information content (AvgIpc) is 3.67. The van der Waals surface area contributed by atoms with Gasteiger partial charge in [0.1, 0.15) is 0 Å². The number of rotatable bonds is 10. The van der Waals surface area contributed by atoms with Crippen LogP contribution in [0.25, 0.3) is 56.0 Å². The van der Waals surface area contributed by atoms with Crippen molar-refractivity contribution in [1.29, 1.82) is 0 Å². The van der Waals surface area contributed by atoms with E-state index < -0.39 is 0 Å². The number of nitrogens with zero attached hydrogens (tertiary/aromatic N) is 4. The summed E-state index contributed by atoms with van der Waals surface area (Å²) in [6.07, 6.45) is 7.08. The molecule has 0 unspecified atom stereocenters. The van der Waals surface area contributed by atoms with Crippen molar-refractivity contribution < 1.29 is 0 Å². The summed E-state index contributed by atoms with van der Waals surface area (Å²) in [5.74, 6) is 1.65. The van der Waals surface area contributed by atoms with Crippen LogP contribution in [-0.4, -0.2) is 19.3 Å². The van der Waals surface area contributed by atoms with Crippen LogP contribution in [0.15, 0.2) is 121 Å². The summed E-state index contributed by atoms with van der Waals surface area (Å²) < 4.78 is 4.59. The van der Waals surface area contributed by atoms with Gasteiger partial charge in [-0.05, 0) is 85.3 Å². The molecule has 7 aromatic rings. The van der Waals surface area contributed by atoms with Gasteiger partial charge in [-0.25, -0.2) is 0 Å². The predicted octanol–water partition coefficient (Wildman–Crippen LogP) is 10.4. The summed E-state index contributed by atoms with van der Waals surface area (Å²) in [4.78, 5) is 0. The summed E-state index contributed by atoms with van der Waals surface area (Å²) in [6.45, 7) is 4.53. The maximum atomic E-state index is 4.66. The molecule has 0 amide bonds. The van der Waals surface area contributed by atoms with Gasteiger partial charge in [0, 0.05) is 33.3 Å². The maximum absolute atomic E-state index is 4.66. The van der Waals surface area contributed by atoms with Gasteiger partial charge in [-0.15, -0.1) is 10.2 Å². The van der Waals surface area contributed by atoms with Crippen LogP contribution in [0.5, 0.6) is 0 Å². The van der Waals surface area contributed by atoms with Crippen LogP contribution in [0.1, 0.15) is 50.7 Å². The van der Waals surface area contributed by atoms with Gasteiger partial charge in [0.25, 0.3) is 0 Å². The molecule has 0 N–H and O–H groups in total. The molecule has 2 aromatic heterocycles. The lowest BCUT2D eigenvalue weighted by molar-refractivity contribution is 0.795. The molecule has 4 heteroatoms. The van der Waals surface area contributed by atoms with Crippen LogP contribution >= 0.6 is 0 Å². The van der Waals surface area contributed by atoms with E-state index in [1.807, 2.05) is 36.4 Å². The van der Waals surface area contributed by atoms with Crippen LogP contribution in [0.2, 0.25) is 0 Å². The van der Waals surface area contributed by atoms with Crippen molar-refractivity contribution in [3.8, 4) is 34.2 Å². The second-order valence-corrected chi connectivity index (χ2v) is 11.7. The van der Waals surface area contributed by atoms with Crippen molar-refractivity contribution in [1.82, 2.24) is 19.3 Å². The van der Waals surface area contributed by atoms with Crippen LogP contribution < -0.4 is 0 Å². The average molecular weight is 575 g/mol. The molecule has 7 rings (SSSR count). The molecule has 0 aliphatic rings. The minimum atomic E-state index is 0.827. The highest BCUT2D eigenvalue weighted by Gasteiger charge is 2.18. The summed E-state index contributed by atoms with van der Waals surface area (Å²) in [7, 11) is 0. The standard InChI is InChI=1S/C40H38N4/c1-3-5-13-29-19-25-37-35(27-29)36-28-30(14-6-4-2)20-26-38(36)43(37)33-21-23-34(24-22-33)44-39(31-15-9-7-10-16-31)41-42-40(44)32-17-11-8-12-18-32/h7-12,15-28H,3-6,13-14H2,1-2H3. The monoisotopic (exact) mass is 574 g/mol. The number of hydrogen-bond donors (Lipinski definition) is 0. The van der Waals surface area contributed by atoms with Gasteiger partial charge in [0.05, 0.1) is 11.0 Å². The normalized spacial score (nSPS) is 11.5. The third-order valence-electron chi connectivity index (χ3n) is 8.63. The zero-order chi connectivity index (χ0) is 29.9. The second kappa shape index (κ2) is 12.3. The third kappa shape index (κ3) is 5.22. The van der Waals surface area contributed by atoms with Crippen LogP contribution in [-0.2, 0) is 12.8 Å². The van der Waals surface area contributed by atoms with E-state index >= 15 is 0 Å². The second-order valence-electron chi connectivity index (χ2n) is 11.7. The van der Waals surface area contributed by atoms with Crippen molar-refractivity contribution >= 4 is 21.8 Å². The Balaban J connectivity index is 1.36. The Morgan fingerprint density at radius 1 is 0.477 bits per heavy atom. The Morgan fingerprint density at radius 3 is 1.34 bits per heavy atom. The highest BCUT2D eigenvalue weighted by atomic mass is 15.3. The molecule has 0 bridgehead atoms. The quantitative estimate of drug-likeness (QED) is 0.163. The molecule has 0 radical (unpaired) electrons. The Morgan fingerprint density at radius 2 is 0.909 bits per heavy atom. The molecular weight excluding hydrogens is 536 g/mol.